The van der Waals surface area contributed by atoms with Gasteiger partial charge in [0.15, 0.2) is 0 Å². The van der Waals surface area contributed by atoms with Gasteiger partial charge in [-0.25, -0.2) is 0 Å². The molecule has 16 heavy (non-hydrogen) atoms. The molecule has 0 radical (unpaired) electrons. The summed E-state index contributed by atoms with van der Waals surface area (Å²) in [5.74, 6) is -0.751. The second-order valence-electron chi connectivity index (χ2n) is 5.11. The summed E-state index contributed by atoms with van der Waals surface area (Å²) in [6.07, 6.45) is 5.28. The van der Waals surface area contributed by atoms with Gasteiger partial charge in [-0.05, 0) is 38.5 Å². The third kappa shape index (κ3) is 2.74. The fourth-order valence-electron chi connectivity index (χ4n) is 2.94. The van der Waals surface area contributed by atoms with Gasteiger partial charge in [0.05, 0.1) is 12.0 Å². The molecule has 1 heterocycles. The van der Waals surface area contributed by atoms with Gasteiger partial charge < -0.3 is 15.1 Å². The molecule has 1 saturated heterocycles. The molecule has 0 unspecified atom stereocenters. The smallest absolute Gasteiger partial charge is 0.306 e. The zero-order valence-corrected chi connectivity index (χ0v) is 9.64. The van der Waals surface area contributed by atoms with E-state index in [-0.39, 0.29) is 12.0 Å². The number of likely N-dealkylation sites (tertiary alicyclic amines) is 1. The molecule has 4 heteroatoms. The fraction of sp³-hybridized carbons (Fsp3) is 0.917. The summed E-state index contributed by atoms with van der Waals surface area (Å²) in [5.41, 5.74) is 0. The first-order valence-corrected chi connectivity index (χ1v) is 6.31. The Morgan fingerprint density at radius 3 is 2.06 bits per heavy atom. The number of aliphatic hydroxyl groups is 1. The highest BCUT2D eigenvalue weighted by Crippen LogP contribution is 2.29. The minimum absolute atomic E-state index is 0.119. The van der Waals surface area contributed by atoms with Crippen molar-refractivity contribution in [2.45, 2.75) is 50.7 Å². The van der Waals surface area contributed by atoms with Crippen LogP contribution in [0.4, 0.5) is 0 Å². The molecule has 1 aliphatic heterocycles. The maximum Gasteiger partial charge on any atom is 0.306 e. The molecule has 1 aliphatic carbocycles. The van der Waals surface area contributed by atoms with Crippen molar-refractivity contribution in [3.63, 3.8) is 0 Å². The molecular formula is C12H21NO3. The van der Waals surface area contributed by atoms with E-state index >= 15 is 0 Å². The van der Waals surface area contributed by atoms with Gasteiger partial charge in [0, 0.05) is 19.1 Å². The van der Waals surface area contributed by atoms with Crippen LogP contribution in [0.3, 0.4) is 0 Å². The lowest BCUT2D eigenvalue weighted by Crippen LogP contribution is -2.44. The van der Waals surface area contributed by atoms with Gasteiger partial charge in [-0.3, -0.25) is 4.79 Å². The number of carboxylic acid groups (broad SMARTS) is 1. The second-order valence-corrected chi connectivity index (χ2v) is 5.11. The number of aliphatic carboxylic acids is 1. The summed E-state index contributed by atoms with van der Waals surface area (Å²) < 4.78 is 0. The Morgan fingerprint density at radius 2 is 1.56 bits per heavy atom. The molecule has 1 saturated carbocycles. The average Bonchev–Trinajstić information content (AvgIpc) is 2.30. The van der Waals surface area contributed by atoms with E-state index in [1.165, 1.54) is 0 Å². The second kappa shape index (κ2) is 5.15. The molecular weight excluding hydrogens is 206 g/mol. The first-order valence-electron chi connectivity index (χ1n) is 6.31. The SMILES string of the molecule is O=C(O)C1CCC(N2CCC(O)CC2)CC1. The Bertz CT molecular complexity index is 241. The summed E-state index contributed by atoms with van der Waals surface area (Å²) in [5, 5.41) is 18.4. The van der Waals surface area contributed by atoms with E-state index in [4.69, 9.17) is 5.11 Å². The van der Waals surface area contributed by atoms with E-state index in [0.29, 0.717) is 6.04 Å². The number of hydrogen-bond donors (Lipinski definition) is 2. The van der Waals surface area contributed by atoms with Crippen molar-refractivity contribution in [2.75, 3.05) is 13.1 Å². The van der Waals surface area contributed by atoms with Crippen molar-refractivity contribution in [1.29, 1.82) is 0 Å². The molecule has 2 rings (SSSR count). The highest BCUT2D eigenvalue weighted by Gasteiger charge is 2.30. The monoisotopic (exact) mass is 227 g/mol. The lowest BCUT2D eigenvalue weighted by atomic mass is 9.84. The fourth-order valence-corrected chi connectivity index (χ4v) is 2.94. The van der Waals surface area contributed by atoms with Crippen molar-refractivity contribution >= 4 is 5.97 Å². The minimum atomic E-state index is -0.632. The van der Waals surface area contributed by atoms with Crippen LogP contribution in [0.25, 0.3) is 0 Å². The standard InChI is InChI=1S/C12H21NO3/c14-11-5-7-13(8-6-11)10-3-1-9(2-4-10)12(15)16/h9-11,14H,1-8H2,(H,15,16). The molecule has 0 amide bonds. The third-order valence-electron chi connectivity index (χ3n) is 4.06. The zero-order valence-electron chi connectivity index (χ0n) is 9.64. The number of hydrogen-bond acceptors (Lipinski definition) is 3. The molecule has 0 atom stereocenters. The molecule has 0 aromatic carbocycles. The minimum Gasteiger partial charge on any atom is -0.481 e. The van der Waals surface area contributed by atoms with Gasteiger partial charge >= 0.3 is 5.97 Å². The Balaban J connectivity index is 1.78. The van der Waals surface area contributed by atoms with Gasteiger partial charge in [0.2, 0.25) is 0 Å². The summed E-state index contributed by atoms with van der Waals surface area (Å²) in [6.45, 7) is 1.95. The zero-order chi connectivity index (χ0) is 11.5. The van der Waals surface area contributed by atoms with Crippen LogP contribution in [0.1, 0.15) is 38.5 Å². The molecule has 0 aromatic rings. The number of nitrogens with zero attached hydrogens (tertiary/aromatic N) is 1. The van der Waals surface area contributed by atoms with E-state index in [1.54, 1.807) is 0 Å². The lowest BCUT2D eigenvalue weighted by Gasteiger charge is -2.39. The van der Waals surface area contributed by atoms with Crippen LogP contribution in [0, 0.1) is 5.92 Å². The first kappa shape index (κ1) is 11.9. The maximum atomic E-state index is 10.8. The summed E-state index contributed by atoms with van der Waals surface area (Å²) in [7, 11) is 0. The maximum absolute atomic E-state index is 10.8. The van der Waals surface area contributed by atoms with Crippen LogP contribution in [0.15, 0.2) is 0 Å². The van der Waals surface area contributed by atoms with Crippen LogP contribution in [0.2, 0.25) is 0 Å². The number of carboxylic acids is 1. The molecule has 4 nitrogen and oxygen atoms in total. The van der Waals surface area contributed by atoms with Gasteiger partial charge in [-0.2, -0.15) is 0 Å². The van der Waals surface area contributed by atoms with Crippen LogP contribution < -0.4 is 0 Å². The van der Waals surface area contributed by atoms with E-state index in [1.807, 2.05) is 0 Å². The van der Waals surface area contributed by atoms with Crippen LogP contribution in [0.5, 0.6) is 0 Å². The van der Waals surface area contributed by atoms with Crippen LogP contribution in [-0.4, -0.2) is 46.3 Å². The van der Waals surface area contributed by atoms with E-state index < -0.39 is 5.97 Å². The highest BCUT2D eigenvalue weighted by atomic mass is 16.4. The summed E-state index contributed by atoms with van der Waals surface area (Å²) in [4.78, 5) is 13.3. The first-order chi connectivity index (χ1) is 7.66. The average molecular weight is 227 g/mol. The van der Waals surface area contributed by atoms with Crippen molar-refractivity contribution in [3.8, 4) is 0 Å². The predicted molar refractivity (Wildman–Crippen MR) is 60.2 cm³/mol. The largest absolute Gasteiger partial charge is 0.481 e. The Labute approximate surface area is 96.3 Å². The number of carbonyl (C=O) groups is 1. The third-order valence-corrected chi connectivity index (χ3v) is 4.06. The topological polar surface area (TPSA) is 60.8 Å². The summed E-state index contributed by atoms with van der Waals surface area (Å²) >= 11 is 0. The van der Waals surface area contributed by atoms with Crippen molar-refractivity contribution < 1.29 is 15.0 Å². The lowest BCUT2D eigenvalue weighted by molar-refractivity contribution is -0.143. The molecule has 0 spiro atoms. The van der Waals surface area contributed by atoms with Crippen molar-refractivity contribution in [1.82, 2.24) is 4.90 Å². The van der Waals surface area contributed by atoms with Gasteiger partial charge in [0.25, 0.3) is 0 Å². The Morgan fingerprint density at radius 1 is 1.00 bits per heavy atom. The number of aliphatic hydroxyl groups excluding tert-OH is 1. The van der Waals surface area contributed by atoms with E-state index in [2.05, 4.69) is 4.90 Å². The molecule has 2 N–H and O–H groups in total. The van der Waals surface area contributed by atoms with Crippen LogP contribution >= 0.6 is 0 Å². The van der Waals surface area contributed by atoms with Crippen molar-refractivity contribution in [2.24, 2.45) is 5.92 Å². The molecule has 0 aromatic heterocycles. The number of piperidine rings is 1. The number of rotatable bonds is 2. The Hall–Kier alpha value is -0.610. The molecule has 2 fully saturated rings. The molecule has 2 aliphatic rings. The Kier molecular flexibility index (Phi) is 3.82. The van der Waals surface area contributed by atoms with Gasteiger partial charge in [-0.15, -0.1) is 0 Å². The molecule has 0 bridgehead atoms. The van der Waals surface area contributed by atoms with Crippen molar-refractivity contribution in [3.05, 3.63) is 0 Å². The van der Waals surface area contributed by atoms with Crippen LogP contribution in [-0.2, 0) is 4.79 Å². The quantitative estimate of drug-likeness (QED) is 0.741. The predicted octanol–water partition coefficient (Wildman–Crippen LogP) is 1.09. The van der Waals surface area contributed by atoms with Gasteiger partial charge in [0.1, 0.15) is 0 Å². The summed E-state index contributed by atoms with van der Waals surface area (Å²) in [6, 6.07) is 0.558. The van der Waals surface area contributed by atoms with E-state index in [9.17, 15) is 9.90 Å². The van der Waals surface area contributed by atoms with E-state index in [0.717, 1.165) is 51.6 Å². The van der Waals surface area contributed by atoms with Gasteiger partial charge in [-0.1, -0.05) is 0 Å². The normalized spacial score (nSPS) is 33.8. The molecule has 92 valence electrons. The highest BCUT2D eigenvalue weighted by molar-refractivity contribution is 5.70.